The minimum Gasteiger partial charge on any atom is -0.264 e. The SMILES string of the molecule is C[N+]1=C2N=CC=NC2C(=O)N(c2ccc(C#Cc3ccccc3)cc2Cl)C1=O. The van der Waals surface area contributed by atoms with Crippen molar-refractivity contribution in [1.82, 2.24) is 0 Å². The third kappa shape index (κ3) is 3.13. The Bertz CT molecular complexity index is 1140. The van der Waals surface area contributed by atoms with Crippen molar-refractivity contribution in [2.45, 2.75) is 6.04 Å². The molecule has 3 amide bonds. The van der Waals surface area contributed by atoms with Gasteiger partial charge in [-0.2, -0.15) is 9.48 Å². The van der Waals surface area contributed by atoms with Crippen molar-refractivity contribution in [3.63, 3.8) is 0 Å². The number of fused-ring (bicyclic) bond motifs is 1. The van der Waals surface area contributed by atoms with Gasteiger partial charge >= 0.3 is 11.9 Å². The van der Waals surface area contributed by atoms with Crippen LogP contribution in [-0.4, -0.2) is 47.9 Å². The van der Waals surface area contributed by atoms with E-state index in [1.165, 1.54) is 17.0 Å². The molecule has 2 aliphatic heterocycles. The molecular formula is C21H14ClN4O2+. The van der Waals surface area contributed by atoms with Gasteiger partial charge in [0.1, 0.15) is 11.9 Å². The summed E-state index contributed by atoms with van der Waals surface area (Å²) in [5, 5.41) is 0.252. The fourth-order valence-corrected chi connectivity index (χ4v) is 3.20. The van der Waals surface area contributed by atoms with E-state index < -0.39 is 18.0 Å². The van der Waals surface area contributed by atoms with Gasteiger partial charge in [0.15, 0.2) is 0 Å². The van der Waals surface area contributed by atoms with Crippen molar-refractivity contribution < 1.29 is 14.2 Å². The van der Waals surface area contributed by atoms with E-state index in [9.17, 15) is 9.59 Å². The van der Waals surface area contributed by atoms with Crippen molar-refractivity contribution in [3.8, 4) is 11.8 Å². The lowest BCUT2D eigenvalue weighted by Crippen LogP contribution is -2.56. The molecule has 0 saturated heterocycles. The molecule has 0 aromatic heterocycles. The zero-order chi connectivity index (χ0) is 19.7. The van der Waals surface area contributed by atoms with Gasteiger partial charge in [0.2, 0.25) is 6.04 Å². The van der Waals surface area contributed by atoms with Gasteiger partial charge in [0, 0.05) is 11.1 Å². The van der Waals surface area contributed by atoms with Crippen molar-refractivity contribution in [3.05, 3.63) is 64.7 Å². The number of imide groups is 1. The molecule has 0 spiro atoms. The molecule has 28 heavy (non-hydrogen) atoms. The Labute approximate surface area is 166 Å². The molecule has 1 unspecified atom stereocenters. The second-order valence-electron chi connectivity index (χ2n) is 6.13. The van der Waals surface area contributed by atoms with E-state index in [0.717, 1.165) is 10.5 Å². The number of halogens is 1. The second kappa shape index (κ2) is 7.22. The summed E-state index contributed by atoms with van der Waals surface area (Å²) in [6.07, 6.45) is 2.89. The topological polar surface area (TPSA) is 65.1 Å². The molecular weight excluding hydrogens is 376 g/mol. The molecule has 2 heterocycles. The average Bonchev–Trinajstić information content (AvgIpc) is 2.73. The Morgan fingerprint density at radius 3 is 2.54 bits per heavy atom. The number of amidine groups is 1. The average molecular weight is 390 g/mol. The van der Waals surface area contributed by atoms with E-state index in [4.69, 9.17) is 11.6 Å². The van der Waals surface area contributed by atoms with E-state index in [1.54, 1.807) is 25.2 Å². The van der Waals surface area contributed by atoms with Gasteiger partial charge in [-0.05, 0) is 30.3 Å². The monoisotopic (exact) mass is 389 g/mol. The molecule has 6 nitrogen and oxygen atoms in total. The molecule has 2 aliphatic rings. The first-order chi connectivity index (χ1) is 13.6. The van der Waals surface area contributed by atoms with Gasteiger partial charge in [-0.15, -0.1) is 4.99 Å². The molecule has 0 N–H and O–H groups in total. The van der Waals surface area contributed by atoms with Crippen LogP contribution >= 0.6 is 11.6 Å². The summed E-state index contributed by atoms with van der Waals surface area (Å²) in [5.74, 6) is 5.89. The number of rotatable bonds is 1. The highest BCUT2D eigenvalue weighted by Gasteiger charge is 2.48. The maximum absolute atomic E-state index is 12.8. The van der Waals surface area contributed by atoms with Gasteiger partial charge in [0.25, 0.3) is 5.84 Å². The van der Waals surface area contributed by atoms with Crippen molar-refractivity contribution in [2.24, 2.45) is 9.98 Å². The van der Waals surface area contributed by atoms with Gasteiger partial charge in [0.05, 0.1) is 18.3 Å². The van der Waals surface area contributed by atoms with Crippen LogP contribution in [0.3, 0.4) is 0 Å². The largest absolute Gasteiger partial charge is 0.450 e. The maximum Gasteiger partial charge on any atom is 0.450 e. The predicted molar refractivity (Wildman–Crippen MR) is 109 cm³/mol. The lowest BCUT2D eigenvalue weighted by atomic mass is 10.1. The van der Waals surface area contributed by atoms with Crippen LogP contribution in [0, 0.1) is 11.8 Å². The molecule has 0 bridgehead atoms. The molecule has 2 aromatic rings. The summed E-state index contributed by atoms with van der Waals surface area (Å²) in [6, 6.07) is 13.1. The van der Waals surface area contributed by atoms with E-state index in [0.29, 0.717) is 11.4 Å². The standard InChI is InChI=1S/C21H14ClN4O2/c1-25-19-18(23-11-12-24-19)20(27)26(21(25)28)17-10-9-15(13-16(17)22)8-7-14-5-3-2-4-6-14/h2-6,9-13,18H,1H3/q+1. The number of hydrogen-bond acceptors (Lipinski definition) is 4. The number of benzene rings is 2. The maximum atomic E-state index is 12.8. The van der Waals surface area contributed by atoms with Crippen LogP contribution in [0.15, 0.2) is 58.5 Å². The number of carbonyl (C=O) groups is 2. The van der Waals surface area contributed by atoms with Gasteiger partial charge in [-0.1, -0.05) is 41.6 Å². The molecule has 4 rings (SSSR count). The molecule has 1 atom stereocenters. The summed E-state index contributed by atoms with van der Waals surface area (Å²) in [7, 11) is 1.55. The molecule has 7 heteroatoms. The first-order valence-corrected chi connectivity index (χ1v) is 8.85. The highest BCUT2D eigenvalue weighted by Crippen LogP contribution is 2.30. The van der Waals surface area contributed by atoms with E-state index in [2.05, 4.69) is 21.8 Å². The molecule has 0 aliphatic carbocycles. The highest BCUT2D eigenvalue weighted by molar-refractivity contribution is 6.37. The fourth-order valence-electron chi connectivity index (χ4n) is 2.93. The Morgan fingerprint density at radius 2 is 1.79 bits per heavy atom. The van der Waals surface area contributed by atoms with E-state index in [-0.39, 0.29) is 10.7 Å². The lowest BCUT2D eigenvalue weighted by molar-refractivity contribution is -0.395. The molecule has 2 aromatic carbocycles. The molecule has 0 saturated carbocycles. The van der Waals surface area contributed by atoms with Crippen LogP contribution in [0.1, 0.15) is 11.1 Å². The fraction of sp³-hybridized carbons (Fsp3) is 0.0952. The molecule has 0 fully saturated rings. The zero-order valence-electron chi connectivity index (χ0n) is 14.8. The highest BCUT2D eigenvalue weighted by atomic mass is 35.5. The number of anilines is 1. The van der Waals surface area contributed by atoms with Crippen LogP contribution in [0.25, 0.3) is 0 Å². The third-order valence-electron chi connectivity index (χ3n) is 4.34. The van der Waals surface area contributed by atoms with Crippen LogP contribution in [0.4, 0.5) is 10.5 Å². The van der Waals surface area contributed by atoms with Crippen LogP contribution in [-0.2, 0) is 4.79 Å². The predicted octanol–water partition coefficient (Wildman–Crippen LogP) is 2.77. The number of hydrogen-bond donors (Lipinski definition) is 0. The van der Waals surface area contributed by atoms with Crippen molar-refractivity contribution in [1.29, 1.82) is 0 Å². The smallest absolute Gasteiger partial charge is 0.264 e. The summed E-state index contributed by atoms with van der Waals surface area (Å²) in [4.78, 5) is 34.9. The van der Waals surface area contributed by atoms with Gasteiger partial charge < -0.3 is 0 Å². The van der Waals surface area contributed by atoms with Gasteiger partial charge in [-0.25, -0.2) is 4.79 Å². The van der Waals surface area contributed by atoms with Gasteiger partial charge in [-0.3, -0.25) is 9.79 Å². The lowest BCUT2D eigenvalue weighted by Gasteiger charge is -2.25. The first-order valence-electron chi connectivity index (χ1n) is 8.47. The Hall–Kier alpha value is -3.56. The second-order valence-corrected chi connectivity index (χ2v) is 6.54. The quantitative estimate of drug-likeness (QED) is 0.556. The number of aliphatic imine (C=N–C) groups is 2. The van der Waals surface area contributed by atoms with Crippen molar-refractivity contribution >= 4 is 47.5 Å². The summed E-state index contributed by atoms with van der Waals surface area (Å²) < 4.78 is 1.30. The molecule has 136 valence electrons. The number of nitrogens with zero attached hydrogens (tertiary/aromatic N) is 4. The van der Waals surface area contributed by atoms with Crippen LogP contribution in [0.5, 0.6) is 0 Å². The van der Waals surface area contributed by atoms with Crippen molar-refractivity contribution in [2.75, 3.05) is 11.9 Å². The number of urea groups is 1. The summed E-state index contributed by atoms with van der Waals surface area (Å²) in [5.41, 5.74) is 1.84. The van der Waals surface area contributed by atoms with E-state index in [1.807, 2.05) is 30.3 Å². The van der Waals surface area contributed by atoms with Crippen LogP contribution < -0.4 is 4.90 Å². The third-order valence-corrected chi connectivity index (χ3v) is 4.65. The summed E-state index contributed by atoms with van der Waals surface area (Å²) in [6.45, 7) is 0. The first kappa shape index (κ1) is 17.8. The summed E-state index contributed by atoms with van der Waals surface area (Å²) >= 11 is 6.39. The number of amides is 3. The van der Waals surface area contributed by atoms with Crippen LogP contribution in [0.2, 0.25) is 5.02 Å². The minimum absolute atomic E-state index is 0.252. The Balaban J connectivity index is 1.69. The normalized spacial score (nSPS) is 18.1. The number of carbonyl (C=O) groups excluding carboxylic acids is 2. The molecule has 0 radical (unpaired) electrons. The Kier molecular flexibility index (Phi) is 4.60. The van der Waals surface area contributed by atoms with E-state index >= 15 is 0 Å². The zero-order valence-corrected chi connectivity index (χ0v) is 15.6. The Morgan fingerprint density at radius 1 is 1.04 bits per heavy atom. The minimum atomic E-state index is -0.860.